The molecule has 19 heavy (non-hydrogen) atoms. The molecular formula is C14H13ClN2O2. The van der Waals surface area contributed by atoms with Gasteiger partial charge in [-0.1, -0.05) is 11.6 Å². The van der Waals surface area contributed by atoms with Gasteiger partial charge in [0.15, 0.2) is 0 Å². The second-order valence-corrected chi connectivity index (χ2v) is 5.07. The molecule has 3 N–H and O–H groups in total. The van der Waals surface area contributed by atoms with E-state index in [1.807, 2.05) is 19.1 Å². The minimum Gasteiger partial charge on any atom is -0.469 e. The standard InChI is InChI=1S/C14H13ClN2O2/c1-7-9(2-3-19-7)14(16)10-4-8-5-13(18)17-12(8)6-11(10)15/h2-4,6,14H,5,16H2,1H3,(H,17,18). The van der Waals surface area contributed by atoms with Crippen LogP contribution in [0.15, 0.2) is 28.9 Å². The molecule has 98 valence electrons. The molecule has 0 bridgehead atoms. The molecule has 2 aromatic rings. The minimum absolute atomic E-state index is 0.0173. The van der Waals surface area contributed by atoms with Crippen molar-refractivity contribution in [3.8, 4) is 0 Å². The van der Waals surface area contributed by atoms with Gasteiger partial charge in [-0.05, 0) is 36.2 Å². The van der Waals surface area contributed by atoms with Crippen molar-refractivity contribution >= 4 is 23.2 Å². The Morgan fingerprint density at radius 2 is 2.21 bits per heavy atom. The number of amides is 1. The lowest BCUT2D eigenvalue weighted by Crippen LogP contribution is -2.13. The van der Waals surface area contributed by atoms with Gasteiger partial charge in [-0.25, -0.2) is 0 Å². The summed E-state index contributed by atoms with van der Waals surface area (Å²) in [6, 6.07) is 5.14. The molecule has 1 unspecified atom stereocenters. The fourth-order valence-electron chi connectivity index (χ4n) is 2.39. The molecule has 2 heterocycles. The lowest BCUT2D eigenvalue weighted by molar-refractivity contribution is -0.115. The fourth-order valence-corrected chi connectivity index (χ4v) is 2.67. The summed E-state index contributed by atoms with van der Waals surface area (Å²) in [6.45, 7) is 1.86. The van der Waals surface area contributed by atoms with E-state index in [2.05, 4.69) is 5.32 Å². The first-order valence-electron chi connectivity index (χ1n) is 5.98. The van der Waals surface area contributed by atoms with Crippen molar-refractivity contribution in [2.24, 2.45) is 5.73 Å². The zero-order chi connectivity index (χ0) is 13.6. The quantitative estimate of drug-likeness (QED) is 0.886. The van der Waals surface area contributed by atoms with Crippen LogP contribution in [0.4, 0.5) is 5.69 Å². The van der Waals surface area contributed by atoms with Crippen LogP contribution in [0.1, 0.15) is 28.5 Å². The predicted octanol–water partition coefficient (Wildman–Crippen LogP) is 2.78. The molecule has 5 heteroatoms. The van der Waals surface area contributed by atoms with Crippen LogP contribution in [0.25, 0.3) is 0 Å². The summed E-state index contributed by atoms with van der Waals surface area (Å²) in [5.41, 5.74) is 9.65. The molecule has 1 atom stereocenters. The zero-order valence-corrected chi connectivity index (χ0v) is 11.1. The van der Waals surface area contributed by atoms with Crippen molar-refractivity contribution in [2.75, 3.05) is 5.32 Å². The summed E-state index contributed by atoms with van der Waals surface area (Å²) in [5.74, 6) is 0.759. The third kappa shape index (κ3) is 2.03. The molecule has 0 spiro atoms. The van der Waals surface area contributed by atoms with Crippen molar-refractivity contribution in [3.05, 3.63) is 51.9 Å². The number of aryl methyl sites for hydroxylation is 1. The molecular weight excluding hydrogens is 264 g/mol. The number of carbonyl (C=O) groups is 1. The van der Waals surface area contributed by atoms with E-state index in [-0.39, 0.29) is 11.9 Å². The summed E-state index contributed by atoms with van der Waals surface area (Å²) in [6.07, 6.45) is 1.98. The smallest absolute Gasteiger partial charge is 0.228 e. The first kappa shape index (κ1) is 12.3. The van der Waals surface area contributed by atoms with Gasteiger partial charge in [0.25, 0.3) is 0 Å². The van der Waals surface area contributed by atoms with Gasteiger partial charge >= 0.3 is 0 Å². The van der Waals surface area contributed by atoms with E-state index in [9.17, 15) is 4.79 Å². The van der Waals surface area contributed by atoms with Gasteiger partial charge in [-0.2, -0.15) is 0 Å². The van der Waals surface area contributed by atoms with Gasteiger partial charge in [0.2, 0.25) is 5.91 Å². The second kappa shape index (κ2) is 4.40. The highest BCUT2D eigenvalue weighted by Crippen LogP contribution is 2.35. The van der Waals surface area contributed by atoms with Crippen molar-refractivity contribution in [2.45, 2.75) is 19.4 Å². The monoisotopic (exact) mass is 276 g/mol. The Morgan fingerprint density at radius 1 is 1.42 bits per heavy atom. The normalized spacial score (nSPS) is 15.2. The number of furan rings is 1. The molecule has 0 fully saturated rings. The van der Waals surface area contributed by atoms with Gasteiger partial charge in [0.05, 0.1) is 18.7 Å². The molecule has 0 radical (unpaired) electrons. The third-order valence-electron chi connectivity index (χ3n) is 3.42. The average Bonchev–Trinajstić information content (AvgIpc) is 2.92. The number of nitrogens with one attached hydrogen (secondary N) is 1. The highest BCUT2D eigenvalue weighted by Gasteiger charge is 2.23. The molecule has 4 nitrogen and oxygen atoms in total. The van der Waals surface area contributed by atoms with E-state index >= 15 is 0 Å². The topological polar surface area (TPSA) is 68.3 Å². The van der Waals surface area contributed by atoms with Gasteiger partial charge in [-0.15, -0.1) is 0 Å². The summed E-state index contributed by atoms with van der Waals surface area (Å²) in [4.78, 5) is 11.4. The summed E-state index contributed by atoms with van der Waals surface area (Å²) in [7, 11) is 0. The van der Waals surface area contributed by atoms with Crippen LogP contribution in [0, 0.1) is 6.92 Å². The first-order chi connectivity index (χ1) is 9.06. The molecule has 0 saturated carbocycles. The van der Waals surface area contributed by atoms with E-state index in [4.69, 9.17) is 21.8 Å². The lowest BCUT2D eigenvalue weighted by Gasteiger charge is -2.14. The Bertz CT molecular complexity index is 663. The van der Waals surface area contributed by atoms with Gasteiger partial charge in [0, 0.05) is 16.3 Å². The number of nitrogens with two attached hydrogens (primary N) is 1. The number of hydrogen-bond donors (Lipinski definition) is 2. The Kier molecular flexibility index (Phi) is 2.84. The SMILES string of the molecule is Cc1occc1C(N)c1cc2c(cc1Cl)NC(=O)C2. The van der Waals surface area contributed by atoms with Crippen molar-refractivity contribution in [3.63, 3.8) is 0 Å². The van der Waals surface area contributed by atoms with Crippen LogP contribution < -0.4 is 11.1 Å². The van der Waals surface area contributed by atoms with Gasteiger partial charge in [-0.3, -0.25) is 4.79 Å². The minimum atomic E-state index is -0.354. The number of rotatable bonds is 2. The highest BCUT2D eigenvalue weighted by molar-refractivity contribution is 6.32. The van der Waals surface area contributed by atoms with E-state index in [1.54, 1.807) is 12.3 Å². The van der Waals surface area contributed by atoms with Crippen molar-refractivity contribution < 1.29 is 9.21 Å². The fraction of sp³-hybridized carbons (Fsp3) is 0.214. The Hall–Kier alpha value is -1.78. The first-order valence-corrected chi connectivity index (χ1v) is 6.36. The number of halogens is 1. The van der Waals surface area contributed by atoms with Gasteiger partial charge in [0.1, 0.15) is 5.76 Å². The van der Waals surface area contributed by atoms with Crippen LogP contribution >= 0.6 is 11.6 Å². The van der Waals surface area contributed by atoms with Crippen molar-refractivity contribution in [1.29, 1.82) is 0 Å². The third-order valence-corrected chi connectivity index (χ3v) is 3.74. The maximum atomic E-state index is 11.4. The van der Waals surface area contributed by atoms with Crippen LogP contribution in [-0.4, -0.2) is 5.91 Å². The largest absolute Gasteiger partial charge is 0.469 e. The number of carbonyl (C=O) groups excluding carboxylic acids is 1. The van der Waals surface area contributed by atoms with Crippen LogP contribution in [0.5, 0.6) is 0 Å². The molecule has 0 saturated heterocycles. The summed E-state index contributed by atoms with van der Waals surface area (Å²) in [5, 5.41) is 3.32. The molecule has 3 rings (SSSR count). The summed E-state index contributed by atoms with van der Waals surface area (Å²) >= 11 is 6.26. The molecule has 1 aromatic heterocycles. The molecule has 1 aliphatic rings. The zero-order valence-electron chi connectivity index (χ0n) is 10.4. The molecule has 1 aromatic carbocycles. The number of hydrogen-bond acceptors (Lipinski definition) is 3. The van der Waals surface area contributed by atoms with Crippen LogP contribution in [0.3, 0.4) is 0 Å². The lowest BCUT2D eigenvalue weighted by atomic mass is 9.97. The number of fused-ring (bicyclic) bond motifs is 1. The molecule has 1 amide bonds. The van der Waals surface area contributed by atoms with E-state index < -0.39 is 0 Å². The Balaban J connectivity index is 2.05. The van der Waals surface area contributed by atoms with E-state index in [0.29, 0.717) is 11.4 Å². The molecule has 0 aliphatic carbocycles. The van der Waals surface area contributed by atoms with Crippen LogP contribution in [-0.2, 0) is 11.2 Å². The predicted molar refractivity (Wildman–Crippen MR) is 73.3 cm³/mol. The highest BCUT2D eigenvalue weighted by atomic mass is 35.5. The summed E-state index contributed by atoms with van der Waals surface area (Å²) < 4.78 is 5.27. The Morgan fingerprint density at radius 3 is 2.89 bits per heavy atom. The van der Waals surface area contributed by atoms with E-state index in [1.165, 1.54) is 0 Å². The maximum absolute atomic E-state index is 11.4. The van der Waals surface area contributed by atoms with E-state index in [0.717, 1.165) is 28.1 Å². The molecule has 1 aliphatic heterocycles. The average molecular weight is 277 g/mol. The number of anilines is 1. The van der Waals surface area contributed by atoms with Crippen molar-refractivity contribution in [1.82, 2.24) is 0 Å². The Labute approximate surface area is 115 Å². The second-order valence-electron chi connectivity index (χ2n) is 4.67. The maximum Gasteiger partial charge on any atom is 0.228 e. The van der Waals surface area contributed by atoms with Gasteiger partial charge < -0.3 is 15.5 Å². The number of benzene rings is 1. The van der Waals surface area contributed by atoms with Crippen LogP contribution in [0.2, 0.25) is 5.02 Å².